The Morgan fingerprint density at radius 3 is 2.67 bits per heavy atom. The number of aliphatic hydroxyl groups is 1. The molecule has 0 spiro atoms. The van der Waals surface area contributed by atoms with Crippen molar-refractivity contribution in [1.29, 1.82) is 0 Å². The molecule has 0 unspecified atom stereocenters. The molecule has 2 rings (SSSR count). The Morgan fingerprint density at radius 2 is 2.17 bits per heavy atom. The topological polar surface area (TPSA) is 86.8 Å². The Hall–Kier alpha value is -1.82. The fourth-order valence-corrected chi connectivity index (χ4v) is 1.99. The third-order valence-corrected chi connectivity index (χ3v) is 2.98. The van der Waals surface area contributed by atoms with Gasteiger partial charge in [0.05, 0.1) is 23.5 Å². The van der Waals surface area contributed by atoms with Crippen LogP contribution in [0, 0.1) is 5.82 Å². The number of aromatic carboxylic acids is 1. The summed E-state index contributed by atoms with van der Waals surface area (Å²) in [7, 11) is 0. The van der Waals surface area contributed by atoms with E-state index in [2.05, 4.69) is 0 Å². The van der Waals surface area contributed by atoms with E-state index >= 15 is 0 Å². The van der Waals surface area contributed by atoms with Gasteiger partial charge in [0.25, 0.3) is 0 Å². The predicted molar refractivity (Wildman–Crippen MR) is 65.2 cm³/mol. The highest BCUT2D eigenvalue weighted by molar-refractivity contribution is 5.91. The quantitative estimate of drug-likeness (QED) is 0.684. The number of aliphatic hydroxyl groups excluding tert-OH is 1. The zero-order chi connectivity index (χ0) is 13.3. The highest BCUT2D eigenvalue weighted by atomic mass is 19.1. The normalized spacial score (nSPS) is 14.6. The van der Waals surface area contributed by atoms with Crippen LogP contribution >= 0.6 is 0 Å². The summed E-state index contributed by atoms with van der Waals surface area (Å²) in [4.78, 5) is 12.6. The van der Waals surface area contributed by atoms with Crippen LogP contribution in [0.5, 0.6) is 0 Å². The maximum atomic E-state index is 13.6. The second kappa shape index (κ2) is 4.81. The summed E-state index contributed by atoms with van der Waals surface area (Å²) >= 11 is 0. The molecule has 1 aromatic carbocycles. The van der Waals surface area contributed by atoms with Crippen molar-refractivity contribution in [3.63, 3.8) is 0 Å². The van der Waals surface area contributed by atoms with E-state index in [-0.39, 0.29) is 18.3 Å². The number of benzene rings is 1. The molecular formula is C12H15FN2O3. The number of nitrogens with zero attached hydrogens (tertiary/aromatic N) is 1. The molecular weight excluding hydrogens is 239 g/mol. The Bertz CT molecular complexity index is 475. The predicted octanol–water partition coefficient (Wildman–Crippen LogP) is 1.07. The lowest BCUT2D eigenvalue weighted by Crippen LogP contribution is -2.30. The van der Waals surface area contributed by atoms with Crippen molar-refractivity contribution in [2.45, 2.75) is 18.9 Å². The Balaban J connectivity index is 2.37. The first-order chi connectivity index (χ1) is 8.54. The molecule has 0 bridgehead atoms. The van der Waals surface area contributed by atoms with Gasteiger partial charge < -0.3 is 20.8 Å². The zero-order valence-electron chi connectivity index (χ0n) is 9.77. The van der Waals surface area contributed by atoms with Crippen molar-refractivity contribution in [3.05, 3.63) is 23.5 Å². The number of hydrogen-bond acceptors (Lipinski definition) is 4. The maximum absolute atomic E-state index is 13.6. The number of hydrogen-bond donors (Lipinski definition) is 3. The van der Waals surface area contributed by atoms with Crippen molar-refractivity contribution in [2.24, 2.45) is 0 Å². The molecule has 1 aromatic rings. The highest BCUT2D eigenvalue weighted by Gasteiger charge is 2.30. The van der Waals surface area contributed by atoms with Crippen molar-refractivity contribution >= 4 is 17.3 Å². The number of anilines is 2. The lowest BCUT2D eigenvalue weighted by molar-refractivity contribution is 0.0692. The number of rotatable bonds is 5. The molecule has 4 N–H and O–H groups in total. The molecule has 0 amide bonds. The molecule has 5 nitrogen and oxygen atoms in total. The minimum Gasteiger partial charge on any atom is -0.478 e. The van der Waals surface area contributed by atoms with Crippen LogP contribution in [0.3, 0.4) is 0 Å². The van der Waals surface area contributed by atoms with Gasteiger partial charge in [-0.15, -0.1) is 0 Å². The van der Waals surface area contributed by atoms with E-state index in [9.17, 15) is 9.18 Å². The van der Waals surface area contributed by atoms with Crippen LogP contribution in [0.25, 0.3) is 0 Å². The number of carbonyl (C=O) groups is 1. The standard InChI is InChI=1S/C12H15FN2O3/c13-9-6-11(10(14)5-8(9)12(17)18)15(3-4-16)7-1-2-7/h5-7,16H,1-4,14H2,(H,17,18). The van der Waals surface area contributed by atoms with E-state index in [4.69, 9.17) is 15.9 Å². The van der Waals surface area contributed by atoms with E-state index < -0.39 is 17.3 Å². The monoisotopic (exact) mass is 254 g/mol. The summed E-state index contributed by atoms with van der Waals surface area (Å²) in [5, 5.41) is 17.8. The fourth-order valence-electron chi connectivity index (χ4n) is 1.99. The van der Waals surface area contributed by atoms with Crippen molar-refractivity contribution in [2.75, 3.05) is 23.8 Å². The van der Waals surface area contributed by atoms with Gasteiger partial charge in [0, 0.05) is 18.7 Å². The highest BCUT2D eigenvalue weighted by Crippen LogP contribution is 2.35. The van der Waals surface area contributed by atoms with Gasteiger partial charge in [-0.05, 0) is 18.9 Å². The lowest BCUT2D eigenvalue weighted by atomic mass is 10.1. The average molecular weight is 254 g/mol. The number of halogens is 1. The van der Waals surface area contributed by atoms with Gasteiger partial charge >= 0.3 is 5.97 Å². The largest absolute Gasteiger partial charge is 0.478 e. The van der Waals surface area contributed by atoms with Gasteiger partial charge in [-0.1, -0.05) is 0 Å². The van der Waals surface area contributed by atoms with Gasteiger partial charge in [-0.3, -0.25) is 0 Å². The molecule has 0 aromatic heterocycles. The second-order valence-corrected chi connectivity index (χ2v) is 4.34. The first-order valence-electron chi connectivity index (χ1n) is 5.74. The lowest BCUT2D eigenvalue weighted by Gasteiger charge is -2.25. The van der Waals surface area contributed by atoms with Crippen LogP contribution in [-0.2, 0) is 0 Å². The van der Waals surface area contributed by atoms with Crippen molar-refractivity contribution < 1.29 is 19.4 Å². The minimum atomic E-state index is -1.34. The number of nitrogens with two attached hydrogens (primary N) is 1. The zero-order valence-corrected chi connectivity index (χ0v) is 9.77. The molecule has 1 aliphatic rings. The van der Waals surface area contributed by atoms with E-state index in [0.717, 1.165) is 25.0 Å². The minimum absolute atomic E-state index is 0.0573. The van der Waals surface area contributed by atoms with Gasteiger partial charge in [-0.25, -0.2) is 9.18 Å². The van der Waals surface area contributed by atoms with E-state index in [1.807, 2.05) is 4.90 Å². The van der Waals surface area contributed by atoms with Crippen LogP contribution in [0.15, 0.2) is 12.1 Å². The first-order valence-corrected chi connectivity index (χ1v) is 5.74. The fraction of sp³-hybridized carbons (Fsp3) is 0.417. The molecule has 0 radical (unpaired) electrons. The first kappa shape index (κ1) is 12.6. The number of nitrogen functional groups attached to an aromatic ring is 1. The Morgan fingerprint density at radius 1 is 1.50 bits per heavy atom. The smallest absolute Gasteiger partial charge is 0.338 e. The number of carboxylic acids is 1. The third kappa shape index (κ3) is 2.38. The second-order valence-electron chi connectivity index (χ2n) is 4.34. The van der Waals surface area contributed by atoms with Gasteiger partial charge in [-0.2, -0.15) is 0 Å². The van der Waals surface area contributed by atoms with Crippen LogP contribution in [-0.4, -0.2) is 35.4 Å². The molecule has 0 aliphatic heterocycles. The molecule has 1 aliphatic carbocycles. The molecule has 0 saturated heterocycles. The van der Waals surface area contributed by atoms with Crippen LogP contribution in [0.4, 0.5) is 15.8 Å². The SMILES string of the molecule is Nc1cc(C(=O)O)c(F)cc1N(CCO)C1CC1. The molecule has 0 heterocycles. The summed E-state index contributed by atoms with van der Waals surface area (Å²) in [6, 6.07) is 2.52. The molecule has 18 heavy (non-hydrogen) atoms. The summed E-state index contributed by atoms with van der Waals surface area (Å²) in [6.45, 7) is 0.305. The molecule has 1 fully saturated rings. The van der Waals surface area contributed by atoms with Gasteiger partial charge in [0.2, 0.25) is 0 Å². The Kier molecular flexibility index (Phi) is 3.38. The van der Waals surface area contributed by atoms with Gasteiger partial charge in [0.1, 0.15) is 5.82 Å². The number of carboxylic acid groups (broad SMARTS) is 1. The summed E-state index contributed by atoms with van der Waals surface area (Å²) in [5.41, 5.74) is 6.01. The summed E-state index contributed by atoms with van der Waals surface area (Å²) in [5.74, 6) is -2.15. The van der Waals surface area contributed by atoms with Crippen LogP contribution in [0.1, 0.15) is 23.2 Å². The maximum Gasteiger partial charge on any atom is 0.338 e. The van der Waals surface area contributed by atoms with Crippen LogP contribution in [0.2, 0.25) is 0 Å². The summed E-state index contributed by atoms with van der Waals surface area (Å²) < 4.78 is 13.6. The van der Waals surface area contributed by atoms with E-state index in [0.29, 0.717) is 12.2 Å². The Labute approximate surface area is 104 Å². The van der Waals surface area contributed by atoms with Gasteiger partial charge in [0.15, 0.2) is 0 Å². The van der Waals surface area contributed by atoms with Crippen molar-refractivity contribution in [1.82, 2.24) is 0 Å². The van der Waals surface area contributed by atoms with Crippen molar-refractivity contribution in [3.8, 4) is 0 Å². The van der Waals surface area contributed by atoms with E-state index in [1.165, 1.54) is 0 Å². The molecule has 6 heteroatoms. The third-order valence-electron chi connectivity index (χ3n) is 2.98. The summed E-state index contributed by atoms with van der Waals surface area (Å²) in [6.07, 6.45) is 1.95. The average Bonchev–Trinajstić information content (AvgIpc) is 3.12. The molecule has 1 saturated carbocycles. The van der Waals surface area contributed by atoms with E-state index in [1.54, 1.807) is 0 Å². The molecule has 0 atom stereocenters. The van der Waals surface area contributed by atoms with Crippen LogP contribution < -0.4 is 10.6 Å². The molecule has 98 valence electrons.